The van der Waals surface area contributed by atoms with Crippen molar-refractivity contribution in [1.29, 1.82) is 0 Å². The predicted molar refractivity (Wildman–Crippen MR) is 23.3 cm³/mol. The Hall–Kier alpha value is -0.275. The molecule has 0 aromatic rings. The maximum Gasteiger partial charge on any atom is 0.762 e. The number of hydrogen-bond donors (Lipinski definition) is 2. The quantitative estimate of drug-likeness (QED) is 0.398. The van der Waals surface area contributed by atoms with Gasteiger partial charge in [-0.2, -0.15) is 8.42 Å². The maximum absolute atomic E-state index is 9.67. The molecule has 0 rings (SSSR count). The molecule has 0 aromatic heterocycles. The average Bonchev–Trinajstić information content (AvgIpc) is 1.19. The van der Waals surface area contributed by atoms with Crippen LogP contribution in [-0.2, 0) is 10.4 Å². The highest BCUT2D eigenvalue weighted by Gasteiger charge is 2.06. The molecule has 0 aromatic carbocycles. The van der Waals surface area contributed by atoms with Crippen molar-refractivity contribution in [3.8, 4) is 0 Å². The summed E-state index contributed by atoms with van der Waals surface area (Å²) in [5, 5.41) is 0. The van der Waals surface area contributed by atoms with Crippen LogP contribution in [-0.4, -0.2) is 25.1 Å². The summed E-state index contributed by atoms with van der Waals surface area (Å²) < 4.78 is 60.6. The van der Waals surface area contributed by atoms with Gasteiger partial charge in [-0.3, -0.25) is 22.1 Å². The van der Waals surface area contributed by atoms with E-state index in [9.17, 15) is 12.9 Å². The second kappa shape index (κ2) is 4.59. The fourth-order valence-electron chi connectivity index (χ4n) is 0. The van der Waals surface area contributed by atoms with Gasteiger partial charge in [0, 0.05) is 0 Å². The summed E-state index contributed by atoms with van der Waals surface area (Å²) in [6.45, 7) is 0. The van der Waals surface area contributed by atoms with E-state index in [1.807, 2.05) is 0 Å². The van der Waals surface area contributed by atoms with E-state index in [-0.39, 0.29) is 0 Å². The molecular weight excluding hydrogens is 164 g/mol. The fourth-order valence-corrected chi connectivity index (χ4v) is 0. The summed E-state index contributed by atoms with van der Waals surface area (Å²) in [4.78, 5) is 0. The van der Waals surface area contributed by atoms with Gasteiger partial charge in [0.05, 0.1) is 0 Å². The minimum absolute atomic E-state index is 3.67. The van der Waals surface area contributed by atoms with E-state index in [4.69, 9.17) is 17.5 Å². The van der Waals surface area contributed by atoms with Crippen LogP contribution in [0, 0.1) is 0 Å². The Labute approximate surface area is 49.5 Å². The van der Waals surface area contributed by atoms with Crippen molar-refractivity contribution in [2.75, 3.05) is 0 Å². The zero-order chi connectivity index (χ0) is 8.08. The van der Waals surface area contributed by atoms with Crippen LogP contribution in [0.5, 0.6) is 0 Å². The smallest absolute Gasteiger partial charge is 0.264 e. The monoisotopic (exact) mass is 166 g/mol. The van der Waals surface area contributed by atoms with Crippen LogP contribution >= 0.6 is 0 Å². The van der Waals surface area contributed by atoms with Crippen LogP contribution in [0.4, 0.5) is 12.9 Å². The first-order chi connectivity index (χ1) is 3.73. The third kappa shape index (κ3) is 3350. The Balaban J connectivity index is 0. The van der Waals surface area contributed by atoms with E-state index in [1.54, 1.807) is 0 Å². The fraction of sp³-hybridized carbons (Fsp3) is 0. The molecule has 0 bridgehead atoms. The summed E-state index contributed by atoms with van der Waals surface area (Å²) in [7, 11) is -8.33. The molecule has 2 N–H and O–H groups in total. The van der Waals surface area contributed by atoms with Crippen molar-refractivity contribution >= 4 is 17.9 Å². The van der Waals surface area contributed by atoms with Crippen molar-refractivity contribution in [1.82, 2.24) is 0 Å². The van der Waals surface area contributed by atoms with Crippen LogP contribution in [0.3, 0.4) is 0 Å². The first kappa shape index (κ1) is 11.5. The lowest BCUT2D eigenvalue weighted by Crippen LogP contribution is -1.89. The second-order valence-corrected chi connectivity index (χ2v) is 1.59. The zero-order valence-electron chi connectivity index (χ0n) is 3.83. The molecule has 0 fully saturated rings. The van der Waals surface area contributed by atoms with Crippen molar-refractivity contribution in [3.63, 3.8) is 0 Å². The molecule has 0 amide bonds. The van der Waals surface area contributed by atoms with Gasteiger partial charge in [0.2, 0.25) is 0 Å². The summed E-state index contributed by atoms with van der Waals surface area (Å²) in [6, 6.07) is 0. The van der Waals surface area contributed by atoms with Gasteiger partial charge in [0.25, 0.3) is 0 Å². The van der Waals surface area contributed by atoms with E-state index < -0.39 is 17.9 Å². The summed E-state index contributed by atoms with van der Waals surface area (Å²) >= 11 is 0. The van der Waals surface area contributed by atoms with Gasteiger partial charge in [-0.05, 0) is 0 Å². The molecule has 0 radical (unpaired) electrons. The lowest BCUT2D eigenvalue weighted by molar-refractivity contribution is 0.381. The van der Waals surface area contributed by atoms with Crippen molar-refractivity contribution < 1.29 is 30.5 Å². The van der Waals surface area contributed by atoms with Crippen LogP contribution in [0.25, 0.3) is 0 Å². The Morgan fingerprint density at radius 2 is 1.11 bits per heavy atom. The van der Waals surface area contributed by atoms with Gasteiger partial charge in [-0.25, -0.2) is 0 Å². The topological polar surface area (TPSA) is 74.6 Å². The van der Waals surface area contributed by atoms with E-state index >= 15 is 0 Å². The predicted octanol–water partition coefficient (Wildman–Crippen LogP) is 0.227. The minimum Gasteiger partial charge on any atom is -0.264 e. The SMILES string of the molecule is FB(F)F.O=S(=O)(O)O. The normalized spacial score (nSPS) is 9.44. The Bertz CT molecular complexity index is 127. The van der Waals surface area contributed by atoms with Gasteiger partial charge >= 0.3 is 17.9 Å². The molecule has 9 heteroatoms. The molecule has 0 saturated heterocycles. The van der Waals surface area contributed by atoms with E-state index in [2.05, 4.69) is 0 Å². The molecule has 0 aliphatic rings. The highest BCUT2D eigenvalue weighted by molar-refractivity contribution is 7.79. The van der Waals surface area contributed by atoms with Crippen molar-refractivity contribution in [3.05, 3.63) is 0 Å². The summed E-state index contributed by atoms with van der Waals surface area (Å²) in [5.74, 6) is 0. The Morgan fingerprint density at radius 1 is 1.11 bits per heavy atom. The third-order valence-electron chi connectivity index (χ3n) is 0. The van der Waals surface area contributed by atoms with Gasteiger partial charge in [0.15, 0.2) is 0 Å². The van der Waals surface area contributed by atoms with Crippen molar-refractivity contribution in [2.24, 2.45) is 0 Å². The van der Waals surface area contributed by atoms with Gasteiger partial charge in [-0.15, -0.1) is 0 Å². The average molecular weight is 166 g/mol. The molecule has 4 nitrogen and oxygen atoms in total. The number of rotatable bonds is 0. The molecule has 0 saturated carbocycles. The minimum atomic E-state index is -4.67. The lowest BCUT2D eigenvalue weighted by atomic mass is 10.5. The van der Waals surface area contributed by atoms with Crippen molar-refractivity contribution in [2.45, 2.75) is 0 Å². The molecule has 9 heavy (non-hydrogen) atoms. The van der Waals surface area contributed by atoms with Crippen LogP contribution in [0.15, 0.2) is 0 Å². The molecular formula is H2BF3O4S. The van der Waals surface area contributed by atoms with Crippen LogP contribution in [0.2, 0.25) is 0 Å². The molecule has 0 aliphatic carbocycles. The highest BCUT2D eigenvalue weighted by atomic mass is 32.3. The molecule has 56 valence electrons. The highest BCUT2D eigenvalue weighted by Crippen LogP contribution is 1.80. The van der Waals surface area contributed by atoms with E-state index in [0.717, 1.165) is 0 Å². The standard InChI is InChI=1S/BF3.H2O4S/c2-1(3)4;1-5(2,3)4/h;(H2,1,2,3,4). The van der Waals surface area contributed by atoms with E-state index in [1.165, 1.54) is 0 Å². The van der Waals surface area contributed by atoms with Crippen LogP contribution in [0.1, 0.15) is 0 Å². The zero-order valence-corrected chi connectivity index (χ0v) is 4.65. The maximum atomic E-state index is 9.67. The largest absolute Gasteiger partial charge is 0.762 e. The van der Waals surface area contributed by atoms with Crippen LogP contribution < -0.4 is 0 Å². The first-order valence-electron chi connectivity index (χ1n) is 1.35. The number of hydrogen-bond acceptors (Lipinski definition) is 2. The third-order valence-corrected chi connectivity index (χ3v) is 0. The summed E-state index contributed by atoms with van der Waals surface area (Å²) in [6.07, 6.45) is 0. The molecule has 0 unspecified atom stereocenters. The Kier molecular flexibility index (Phi) is 5.87. The number of halogens is 3. The second-order valence-electron chi connectivity index (χ2n) is 0.695. The first-order valence-corrected chi connectivity index (χ1v) is 2.75. The van der Waals surface area contributed by atoms with E-state index in [0.29, 0.717) is 0 Å². The molecule has 0 atom stereocenters. The lowest BCUT2D eigenvalue weighted by Gasteiger charge is -1.68. The summed E-state index contributed by atoms with van der Waals surface area (Å²) in [5.41, 5.74) is 0. The Morgan fingerprint density at radius 3 is 1.11 bits per heavy atom. The van der Waals surface area contributed by atoms with Gasteiger partial charge < -0.3 is 0 Å². The van der Waals surface area contributed by atoms with Gasteiger partial charge in [-0.1, -0.05) is 0 Å². The molecule has 0 heterocycles. The molecule has 0 spiro atoms. The van der Waals surface area contributed by atoms with Gasteiger partial charge in [0.1, 0.15) is 0 Å². The molecule has 0 aliphatic heterocycles.